The first-order valence-corrected chi connectivity index (χ1v) is 11.5. The van der Waals surface area contributed by atoms with Crippen LogP contribution in [0, 0.1) is 28.6 Å². The predicted octanol–water partition coefficient (Wildman–Crippen LogP) is 5.24. The van der Waals surface area contributed by atoms with E-state index in [0.29, 0.717) is 5.41 Å². The fourth-order valence-electron chi connectivity index (χ4n) is 7.24. The highest BCUT2D eigenvalue weighted by atomic mass is 79.9. The van der Waals surface area contributed by atoms with Gasteiger partial charge in [0.25, 0.3) is 0 Å². The van der Waals surface area contributed by atoms with Crippen molar-refractivity contribution in [1.29, 1.82) is 0 Å². The lowest BCUT2D eigenvalue weighted by atomic mass is 9.46. The van der Waals surface area contributed by atoms with Gasteiger partial charge in [0, 0.05) is 17.8 Å². The normalized spacial score (nSPS) is 46.8. The van der Waals surface area contributed by atoms with Crippen molar-refractivity contribution in [3.63, 3.8) is 0 Å². The summed E-state index contributed by atoms with van der Waals surface area (Å²) in [5.41, 5.74) is 3.90. The molecule has 0 aliphatic heterocycles. The number of hydrogen-bond acceptors (Lipinski definition) is 4. The lowest BCUT2D eigenvalue weighted by Crippen LogP contribution is -2.59. The molecule has 2 saturated carbocycles. The summed E-state index contributed by atoms with van der Waals surface area (Å²) in [6.07, 6.45) is 14.3. The number of fused-ring (bicyclic) bond motifs is 5. The van der Waals surface area contributed by atoms with Crippen LogP contribution in [-0.4, -0.2) is 23.2 Å². The third-order valence-electron chi connectivity index (χ3n) is 8.84. The highest BCUT2D eigenvalue weighted by Crippen LogP contribution is 2.64. The van der Waals surface area contributed by atoms with Crippen molar-refractivity contribution in [2.45, 2.75) is 64.0 Å². The molecule has 5 heteroatoms. The Balaban J connectivity index is 0.00000192. The van der Waals surface area contributed by atoms with Gasteiger partial charge in [0.05, 0.1) is 11.2 Å². The van der Waals surface area contributed by atoms with Crippen molar-refractivity contribution in [1.82, 2.24) is 10.3 Å². The maximum atomic E-state index is 11.7. The van der Waals surface area contributed by atoms with Gasteiger partial charge in [-0.15, -0.1) is 28.3 Å². The third-order valence-corrected chi connectivity index (χ3v) is 9.43. The molecular formula is C23H33BrN2OS. The van der Waals surface area contributed by atoms with Gasteiger partial charge in [-0.05, 0) is 67.7 Å². The number of hydrogen-bond donors (Lipinski definition) is 2. The number of allylic oxidation sites excluding steroid dienone is 3. The predicted molar refractivity (Wildman–Crippen MR) is 121 cm³/mol. The molecule has 0 radical (unpaired) electrons. The topological polar surface area (TPSA) is 45.1 Å². The van der Waals surface area contributed by atoms with Crippen molar-refractivity contribution in [2.24, 2.45) is 28.6 Å². The lowest BCUT2D eigenvalue weighted by Gasteiger charge is -2.59. The van der Waals surface area contributed by atoms with E-state index in [0.717, 1.165) is 36.3 Å². The van der Waals surface area contributed by atoms with Crippen LogP contribution in [-0.2, 0) is 5.60 Å². The van der Waals surface area contributed by atoms with E-state index in [-0.39, 0.29) is 28.4 Å². The SMILES string of the molecule is Br.CNC1C[C@@]2(C)C(=CC[C@H]3[C@@H]4CC=C[C@@]4(C)CC[C@@H]32)CC1(O)c1cscn1. The average Bonchev–Trinajstić information content (AvgIpc) is 3.31. The van der Waals surface area contributed by atoms with E-state index in [1.165, 1.54) is 31.3 Å². The van der Waals surface area contributed by atoms with E-state index in [2.05, 4.69) is 42.4 Å². The van der Waals surface area contributed by atoms with Crippen molar-refractivity contribution in [2.75, 3.05) is 7.05 Å². The first-order chi connectivity index (χ1) is 12.9. The van der Waals surface area contributed by atoms with Gasteiger partial charge >= 0.3 is 0 Å². The Morgan fingerprint density at radius 2 is 2.07 bits per heavy atom. The summed E-state index contributed by atoms with van der Waals surface area (Å²) in [5, 5.41) is 17.2. The molecule has 2 fully saturated rings. The van der Waals surface area contributed by atoms with Crippen LogP contribution in [0.15, 0.2) is 34.7 Å². The summed E-state index contributed by atoms with van der Waals surface area (Å²) in [7, 11) is 2.00. The Morgan fingerprint density at radius 1 is 1.25 bits per heavy atom. The van der Waals surface area contributed by atoms with Gasteiger partial charge in [-0.3, -0.25) is 0 Å². The molecule has 154 valence electrons. The van der Waals surface area contributed by atoms with Gasteiger partial charge in [0.2, 0.25) is 0 Å². The van der Waals surface area contributed by atoms with Gasteiger partial charge in [0.1, 0.15) is 5.60 Å². The molecule has 3 nitrogen and oxygen atoms in total. The third kappa shape index (κ3) is 2.76. The molecule has 1 aromatic heterocycles. The highest BCUT2D eigenvalue weighted by Gasteiger charge is 2.59. The quantitative estimate of drug-likeness (QED) is 0.588. The molecule has 1 heterocycles. The first kappa shape index (κ1) is 20.8. The summed E-state index contributed by atoms with van der Waals surface area (Å²) >= 11 is 1.58. The van der Waals surface area contributed by atoms with Crippen LogP contribution in [0.3, 0.4) is 0 Å². The number of aromatic nitrogens is 1. The summed E-state index contributed by atoms with van der Waals surface area (Å²) < 4.78 is 0. The minimum absolute atomic E-state index is 0. The van der Waals surface area contributed by atoms with Crippen LogP contribution in [0.5, 0.6) is 0 Å². The number of nitrogens with one attached hydrogen (secondary N) is 1. The van der Waals surface area contributed by atoms with Crippen molar-refractivity contribution >= 4 is 28.3 Å². The Morgan fingerprint density at radius 3 is 2.79 bits per heavy atom. The summed E-state index contributed by atoms with van der Waals surface area (Å²) in [6, 6.07) is 0.0514. The van der Waals surface area contributed by atoms with Gasteiger partial charge < -0.3 is 10.4 Å². The molecule has 28 heavy (non-hydrogen) atoms. The van der Waals surface area contributed by atoms with Crippen LogP contribution < -0.4 is 5.32 Å². The number of nitrogens with zero attached hydrogens (tertiary/aromatic N) is 1. The van der Waals surface area contributed by atoms with Gasteiger partial charge in [-0.2, -0.15) is 0 Å². The van der Waals surface area contributed by atoms with E-state index >= 15 is 0 Å². The van der Waals surface area contributed by atoms with Crippen LogP contribution in [0.1, 0.15) is 58.1 Å². The fraction of sp³-hybridized carbons (Fsp3) is 0.696. The largest absolute Gasteiger partial charge is 0.382 e. The van der Waals surface area contributed by atoms with Crippen LogP contribution in [0.4, 0.5) is 0 Å². The molecule has 4 aliphatic carbocycles. The van der Waals surface area contributed by atoms with E-state index in [1.54, 1.807) is 11.3 Å². The molecule has 1 aromatic rings. The second kappa shape index (κ2) is 7.04. The van der Waals surface area contributed by atoms with Gasteiger partial charge in [-0.25, -0.2) is 4.98 Å². The Hall–Kier alpha value is -0.490. The number of thiazole rings is 1. The average molecular weight is 466 g/mol. The van der Waals surface area contributed by atoms with E-state index < -0.39 is 5.60 Å². The fourth-order valence-corrected chi connectivity index (χ4v) is 7.87. The molecular weight excluding hydrogens is 432 g/mol. The number of aliphatic hydroxyl groups is 1. The molecule has 0 bridgehead atoms. The highest BCUT2D eigenvalue weighted by molar-refractivity contribution is 8.93. The Kier molecular flexibility index (Phi) is 5.22. The summed E-state index contributed by atoms with van der Waals surface area (Å²) in [4.78, 5) is 4.50. The molecule has 0 aromatic carbocycles. The zero-order valence-electron chi connectivity index (χ0n) is 17.1. The first-order valence-electron chi connectivity index (χ1n) is 10.6. The molecule has 0 saturated heterocycles. The van der Waals surface area contributed by atoms with Gasteiger partial charge in [-0.1, -0.05) is 37.6 Å². The van der Waals surface area contributed by atoms with Crippen LogP contribution >= 0.6 is 28.3 Å². The molecule has 4 aliphatic rings. The van der Waals surface area contributed by atoms with E-state index in [1.807, 2.05) is 17.9 Å². The summed E-state index contributed by atoms with van der Waals surface area (Å²) in [6.45, 7) is 4.98. The molecule has 7 atom stereocenters. The number of rotatable bonds is 2. The van der Waals surface area contributed by atoms with E-state index in [4.69, 9.17) is 0 Å². The molecule has 0 spiro atoms. The van der Waals surface area contributed by atoms with Crippen LogP contribution in [0.2, 0.25) is 0 Å². The maximum Gasteiger partial charge on any atom is 0.126 e. The van der Waals surface area contributed by atoms with Crippen molar-refractivity contribution in [3.8, 4) is 0 Å². The summed E-state index contributed by atoms with van der Waals surface area (Å²) in [5.74, 6) is 2.33. The monoisotopic (exact) mass is 464 g/mol. The lowest BCUT2D eigenvalue weighted by molar-refractivity contribution is -0.0806. The minimum atomic E-state index is -0.884. The second-order valence-corrected chi connectivity index (χ2v) is 10.7. The molecule has 5 rings (SSSR count). The second-order valence-electron chi connectivity index (χ2n) is 9.96. The molecule has 2 unspecified atom stereocenters. The molecule has 0 amide bonds. The van der Waals surface area contributed by atoms with Crippen molar-refractivity contribution in [3.05, 3.63) is 40.4 Å². The zero-order valence-corrected chi connectivity index (χ0v) is 19.7. The maximum absolute atomic E-state index is 11.7. The van der Waals surface area contributed by atoms with Crippen molar-refractivity contribution < 1.29 is 5.11 Å². The van der Waals surface area contributed by atoms with E-state index in [9.17, 15) is 5.11 Å². The zero-order chi connectivity index (χ0) is 18.9. The molecule has 2 N–H and O–H groups in total. The number of likely N-dealkylation sites (N-methyl/N-ethyl adjacent to an activating group) is 1. The van der Waals surface area contributed by atoms with Gasteiger partial charge in [0.15, 0.2) is 0 Å². The number of halogens is 1. The smallest absolute Gasteiger partial charge is 0.126 e. The van der Waals surface area contributed by atoms with Crippen LogP contribution in [0.25, 0.3) is 0 Å². The standard InChI is InChI=1S/C23H32N2OS.BrH/c1-21-9-4-5-17(21)16-7-6-15-11-23(26,20-13-27-14-25-20)19(24-3)12-22(15,2)18(16)8-10-21;/h4,6,9,13-14,16-19,24,26H,5,7-8,10-12H2,1-3H3;1H/t16-,17-,18-,19?,21-,22-,23?;/m0./s1. The Labute approximate surface area is 183 Å². The minimum Gasteiger partial charge on any atom is -0.382 e. The Bertz CT molecular complexity index is 793.